The number of fused-ring (bicyclic) bond motifs is 6. The van der Waals surface area contributed by atoms with Crippen LogP contribution in [0.1, 0.15) is 40.6 Å². The molecule has 0 aromatic heterocycles. The van der Waals surface area contributed by atoms with Gasteiger partial charge < -0.3 is 0 Å². The van der Waals surface area contributed by atoms with Gasteiger partial charge in [0.15, 0.2) is 0 Å². The Kier molecular flexibility index (Phi) is 6.72. The van der Waals surface area contributed by atoms with Crippen molar-refractivity contribution in [3.63, 3.8) is 0 Å². The summed E-state index contributed by atoms with van der Waals surface area (Å²) in [6.45, 7) is 4.60. The standard InChI is InChI=1S/C20H18Si.2C7H5F3O.Zr/c1-21(2,19-11-15-7-3-4-8-16(15)12-19)20-13-17-9-5-6-10-18(17)14-20;2*8-7(9,10)5-1-3-6(11)4-2-5;/h3-14H,1-2H3;2*1-4,11H;/q;;;+2/p-2. The number of benzene rings is 4. The van der Waals surface area contributed by atoms with Crippen molar-refractivity contribution in [2.24, 2.45) is 0 Å². The summed E-state index contributed by atoms with van der Waals surface area (Å²) in [5.41, 5.74) is 2.54. The quantitative estimate of drug-likeness (QED) is 0.156. The number of halogens is 6. The summed E-state index contributed by atoms with van der Waals surface area (Å²) in [6.07, 6.45) is -4.61. The molecule has 1 heterocycles. The fourth-order valence-electron chi connectivity index (χ4n) is 6.98. The van der Waals surface area contributed by atoms with Crippen molar-refractivity contribution in [2.75, 3.05) is 0 Å². The molecule has 0 amide bonds. The number of hydrogen-bond acceptors (Lipinski definition) is 2. The van der Waals surface area contributed by atoms with Crippen molar-refractivity contribution < 1.29 is 53.1 Å². The van der Waals surface area contributed by atoms with Gasteiger partial charge in [0.25, 0.3) is 0 Å². The molecule has 1 fully saturated rings. The van der Waals surface area contributed by atoms with Gasteiger partial charge in [0.2, 0.25) is 0 Å². The average Bonchev–Trinajstić information content (AvgIpc) is 3.58. The normalized spacial score (nSPS) is 20.9. The molecule has 4 aromatic rings. The van der Waals surface area contributed by atoms with Gasteiger partial charge in [-0.15, -0.1) is 0 Å². The third-order valence-electron chi connectivity index (χ3n) is 9.02. The van der Waals surface area contributed by atoms with E-state index < -0.39 is 52.7 Å². The molecule has 0 saturated carbocycles. The third-order valence-corrected chi connectivity index (χ3v) is 23.9. The number of hydrogen-bond donors (Lipinski definition) is 0. The van der Waals surface area contributed by atoms with Crippen LogP contribution in [0.15, 0.2) is 107 Å². The maximum atomic E-state index is 13.5. The zero-order chi connectivity index (χ0) is 31.1. The summed E-state index contributed by atoms with van der Waals surface area (Å²) in [7, 11) is -2.32. The van der Waals surface area contributed by atoms with E-state index in [1.54, 1.807) is 0 Å². The van der Waals surface area contributed by atoms with Crippen LogP contribution in [0, 0.1) is 0 Å². The molecular weight excluding hydrogens is 674 g/mol. The van der Waals surface area contributed by atoms with Crippen molar-refractivity contribution in [2.45, 2.75) is 32.7 Å². The molecule has 0 radical (unpaired) electrons. The molecule has 2 atom stereocenters. The molecule has 2 nitrogen and oxygen atoms in total. The molecule has 3 aliphatic rings. The first kappa shape index (κ1) is 29.4. The predicted molar refractivity (Wildman–Crippen MR) is 156 cm³/mol. The number of allylic oxidation sites excluding steroid dienone is 2. The summed E-state index contributed by atoms with van der Waals surface area (Å²) in [5.74, 6) is 0.490. The zero-order valence-electron chi connectivity index (χ0n) is 23.6. The Bertz CT molecular complexity index is 1690. The van der Waals surface area contributed by atoms with Gasteiger partial charge in [-0.1, -0.05) is 0 Å². The van der Waals surface area contributed by atoms with E-state index in [9.17, 15) is 26.3 Å². The Labute approximate surface area is 257 Å². The van der Waals surface area contributed by atoms with Crippen LogP contribution in [0.5, 0.6) is 11.5 Å². The first-order chi connectivity index (χ1) is 20.8. The van der Waals surface area contributed by atoms with Crippen LogP contribution in [0.25, 0.3) is 12.2 Å². The van der Waals surface area contributed by atoms with E-state index in [0.717, 1.165) is 46.5 Å². The molecule has 44 heavy (non-hydrogen) atoms. The monoisotopic (exact) mass is 698 g/mol. The molecule has 0 N–H and O–H groups in total. The first-order valence-corrected chi connectivity index (χ1v) is 22.0. The van der Waals surface area contributed by atoms with Crippen LogP contribution in [0.2, 0.25) is 13.1 Å². The SMILES string of the molecule is C[Si]1(C)C2=Cc3ccccc3[CH]2[Zr]([O]c2ccc(C(F)(F)F)cc2)([O]c2ccc(C(F)(F)F)cc2)[CH]2C1=Cc1ccccc12. The van der Waals surface area contributed by atoms with Crippen molar-refractivity contribution >= 4 is 20.2 Å². The van der Waals surface area contributed by atoms with Crippen molar-refractivity contribution in [3.8, 4) is 11.5 Å². The topological polar surface area (TPSA) is 18.5 Å². The molecule has 10 heteroatoms. The zero-order valence-corrected chi connectivity index (χ0v) is 27.1. The fourth-order valence-corrected chi connectivity index (χ4v) is 28.3. The van der Waals surface area contributed by atoms with E-state index in [1.807, 2.05) is 48.5 Å². The van der Waals surface area contributed by atoms with Gasteiger partial charge >= 0.3 is 258 Å². The van der Waals surface area contributed by atoms with Gasteiger partial charge in [-0.3, -0.25) is 0 Å². The van der Waals surface area contributed by atoms with Crippen LogP contribution in [0.4, 0.5) is 26.3 Å². The summed E-state index contributed by atoms with van der Waals surface area (Å²) < 4.78 is 94.5. The van der Waals surface area contributed by atoms with Gasteiger partial charge in [0.05, 0.1) is 0 Å². The summed E-state index contributed by atoms with van der Waals surface area (Å²) in [6, 6.07) is 25.2. The molecule has 224 valence electrons. The minimum atomic E-state index is -4.94. The van der Waals surface area contributed by atoms with E-state index in [1.165, 1.54) is 34.7 Å². The Morgan fingerprint density at radius 1 is 0.545 bits per heavy atom. The van der Waals surface area contributed by atoms with Crippen LogP contribution < -0.4 is 5.63 Å². The number of alkyl halides is 6. The molecule has 1 aliphatic heterocycles. The van der Waals surface area contributed by atoms with Gasteiger partial charge in [-0.05, 0) is 0 Å². The van der Waals surface area contributed by atoms with E-state index in [-0.39, 0.29) is 18.8 Å². The second kappa shape index (κ2) is 10.1. The Morgan fingerprint density at radius 2 is 0.909 bits per heavy atom. The van der Waals surface area contributed by atoms with Gasteiger partial charge in [0, 0.05) is 0 Å². The Hall–Kier alpha value is -3.36. The van der Waals surface area contributed by atoms with Crippen LogP contribution in [-0.4, -0.2) is 8.07 Å². The summed E-state index contributed by atoms with van der Waals surface area (Å²) >= 11 is -4.94. The molecule has 0 bridgehead atoms. The van der Waals surface area contributed by atoms with Gasteiger partial charge in [-0.2, -0.15) is 0 Å². The van der Waals surface area contributed by atoms with Crippen molar-refractivity contribution in [3.05, 3.63) is 141 Å². The van der Waals surface area contributed by atoms with Crippen molar-refractivity contribution in [1.82, 2.24) is 0 Å². The molecule has 2 unspecified atom stereocenters. The second-order valence-electron chi connectivity index (χ2n) is 11.9. The molecule has 1 saturated heterocycles. The maximum absolute atomic E-state index is 13.5. The third kappa shape index (κ3) is 4.64. The molecule has 7 rings (SSSR count). The molecule has 4 aromatic carbocycles. The van der Waals surface area contributed by atoms with E-state index in [4.69, 9.17) is 5.63 Å². The van der Waals surface area contributed by atoms with E-state index >= 15 is 0 Å². The average molecular weight is 700 g/mol. The molecular formula is C34H26F6O2SiZr. The van der Waals surface area contributed by atoms with Crippen LogP contribution in [0.3, 0.4) is 0 Å². The van der Waals surface area contributed by atoms with Crippen LogP contribution >= 0.6 is 0 Å². The van der Waals surface area contributed by atoms with E-state index in [0.29, 0.717) is 0 Å². The molecule has 2 aliphatic carbocycles. The van der Waals surface area contributed by atoms with Gasteiger partial charge in [-0.25, -0.2) is 0 Å². The predicted octanol–water partition coefficient (Wildman–Crippen LogP) is 10.2. The summed E-state index contributed by atoms with van der Waals surface area (Å²) in [4.78, 5) is 0. The minimum absolute atomic E-state index is 0.245. The molecule has 0 spiro atoms. The Morgan fingerprint density at radius 3 is 1.27 bits per heavy atom. The number of rotatable bonds is 4. The first-order valence-electron chi connectivity index (χ1n) is 14.1. The Balaban J connectivity index is 1.47. The van der Waals surface area contributed by atoms with Crippen LogP contribution in [-0.2, 0) is 33.5 Å². The van der Waals surface area contributed by atoms with Gasteiger partial charge in [0.1, 0.15) is 0 Å². The van der Waals surface area contributed by atoms with Crippen molar-refractivity contribution in [1.29, 1.82) is 0 Å². The fraction of sp³-hybridized carbons (Fsp3) is 0.176. The second-order valence-corrected chi connectivity index (χ2v) is 23.7. The van der Waals surface area contributed by atoms with E-state index in [2.05, 4.69) is 25.2 Å². The summed E-state index contributed by atoms with van der Waals surface area (Å²) in [5, 5.41) is 2.42.